The molecule has 0 aliphatic rings. The van der Waals surface area contributed by atoms with Gasteiger partial charge < -0.3 is 18.6 Å². The molecule has 200 valence electrons. The molecule has 0 saturated heterocycles. The Kier molecular flexibility index (Phi) is 22.0. The van der Waals surface area contributed by atoms with Crippen molar-refractivity contribution in [2.45, 2.75) is 109 Å². The van der Waals surface area contributed by atoms with Crippen molar-refractivity contribution in [3.8, 4) is 0 Å². The summed E-state index contributed by atoms with van der Waals surface area (Å²) in [6, 6.07) is 0. The molecule has 0 spiro atoms. The molecule has 33 heavy (non-hydrogen) atoms. The molecule has 1 N–H and O–H groups in total. The molecule has 0 rings (SSSR count). The highest BCUT2D eigenvalue weighted by Gasteiger charge is 2.23. The van der Waals surface area contributed by atoms with Crippen LogP contribution >= 0.6 is 19.4 Å². The van der Waals surface area contributed by atoms with Crippen LogP contribution in [-0.4, -0.2) is 74.6 Å². The highest BCUT2D eigenvalue weighted by Crippen LogP contribution is 2.42. The Balaban J connectivity index is 3.53. The van der Waals surface area contributed by atoms with Crippen LogP contribution in [0.25, 0.3) is 0 Å². The van der Waals surface area contributed by atoms with Crippen molar-refractivity contribution in [1.29, 1.82) is 0 Å². The second-order valence-electron chi connectivity index (χ2n) is 10.5. The van der Waals surface area contributed by atoms with E-state index in [0.717, 1.165) is 16.0 Å². The molecular formula is C26H57NO4PS+. The third-order valence-electron chi connectivity index (χ3n) is 6.07. The molecule has 2 unspecified atom stereocenters. The van der Waals surface area contributed by atoms with Gasteiger partial charge in [0.2, 0.25) is 0 Å². The fourth-order valence-corrected chi connectivity index (χ4v) is 5.96. The average molecular weight is 511 g/mol. The summed E-state index contributed by atoms with van der Waals surface area (Å²) in [4.78, 5) is 10.0. The van der Waals surface area contributed by atoms with Gasteiger partial charge in [-0.3, -0.25) is 4.57 Å². The van der Waals surface area contributed by atoms with Crippen LogP contribution in [0.4, 0.5) is 0 Å². The molecule has 0 aliphatic heterocycles. The van der Waals surface area contributed by atoms with Gasteiger partial charge in [0.25, 0.3) is 0 Å². The number of rotatable bonds is 25. The molecule has 0 saturated carbocycles. The first-order chi connectivity index (χ1) is 15.7. The van der Waals surface area contributed by atoms with Gasteiger partial charge in [-0.15, -0.1) is 0 Å². The lowest BCUT2D eigenvalue weighted by Crippen LogP contribution is -2.37. The molecule has 0 bridgehead atoms. The minimum absolute atomic E-state index is 0.0177. The minimum atomic E-state index is -3.52. The lowest BCUT2D eigenvalue weighted by molar-refractivity contribution is -0.870. The van der Waals surface area contributed by atoms with Crippen LogP contribution in [0.3, 0.4) is 0 Å². The van der Waals surface area contributed by atoms with Crippen molar-refractivity contribution in [1.82, 2.24) is 0 Å². The molecule has 0 amide bonds. The number of quaternary nitrogens is 1. The van der Waals surface area contributed by atoms with Crippen LogP contribution in [0.15, 0.2) is 0 Å². The van der Waals surface area contributed by atoms with Gasteiger partial charge in [-0.1, -0.05) is 90.4 Å². The molecule has 5 nitrogen and oxygen atoms in total. The van der Waals surface area contributed by atoms with E-state index < -0.39 is 7.60 Å². The normalized spacial score (nSPS) is 15.0. The Morgan fingerprint density at radius 1 is 0.848 bits per heavy atom. The molecule has 0 aromatic rings. The largest absolute Gasteiger partial charge is 0.381 e. The van der Waals surface area contributed by atoms with Gasteiger partial charge in [-0.05, 0) is 18.6 Å². The number of likely N-dealkylation sites (N-methyl/N-ethyl adjacent to an activating group) is 1. The summed E-state index contributed by atoms with van der Waals surface area (Å²) in [5.41, 5.74) is 0. The first kappa shape index (κ1) is 33.4. The second-order valence-corrected chi connectivity index (χ2v) is 13.7. The first-order valence-electron chi connectivity index (χ1n) is 13.6. The van der Waals surface area contributed by atoms with Crippen LogP contribution in [-0.2, 0) is 13.8 Å². The number of nitrogens with zero attached hydrogens (tertiary/aromatic N) is 1. The van der Waals surface area contributed by atoms with Crippen molar-refractivity contribution in [3.63, 3.8) is 0 Å². The lowest BCUT2D eigenvalue weighted by Gasteiger charge is -2.24. The van der Waals surface area contributed by atoms with Crippen molar-refractivity contribution in [2.24, 2.45) is 0 Å². The summed E-state index contributed by atoms with van der Waals surface area (Å²) in [6.45, 7) is 3.30. The Bertz CT molecular complexity index is 474. The number of thioether (sulfide) groups is 1. The van der Waals surface area contributed by atoms with Gasteiger partial charge in [0, 0.05) is 12.9 Å². The molecule has 0 aromatic carbocycles. The molecule has 7 heteroatoms. The maximum Gasteiger partial charge on any atom is 0.328 e. The van der Waals surface area contributed by atoms with Crippen LogP contribution in [0.1, 0.15) is 103 Å². The number of unbranched alkanes of at least 4 members (excludes halogenated alkanes) is 13. The predicted octanol–water partition coefficient (Wildman–Crippen LogP) is 7.51. The van der Waals surface area contributed by atoms with E-state index in [9.17, 15) is 9.46 Å². The van der Waals surface area contributed by atoms with Crippen molar-refractivity contribution < 1.29 is 23.2 Å². The predicted molar refractivity (Wildman–Crippen MR) is 147 cm³/mol. The third-order valence-corrected chi connectivity index (χ3v) is 8.66. The Morgan fingerprint density at radius 3 is 1.79 bits per heavy atom. The van der Waals surface area contributed by atoms with E-state index in [2.05, 4.69) is 6.92 Å². The monoisotopic (exact) mass is 510 g/mol. The van der Waals surface area contributed by atoms with E-state index in [4.69, 9.17) is 9.26 Å². The number of hydrogen-bond acceptors (Lipinski definition) is 4. The van der Waals surface area contributed by atoms with Crippen molar-refractivity contribution in [2.75, 3.05) is 59.1 Å². The zero-order valence-corrected chi connectivity index (χ0v) is 24.4. The molecule has 0 fully saturated rings. The van der Waals surface area contributed by atoms with E-state index >= 15 is 0 Å². The van der Waals surface area contributed by atoms with E-state index in [-0.39, 0.29) is 12.3 Å². The number of ether oxygens (including phenoxy) is 1. The standard InChI is InChI=1S/C26H56NO4PS/c1-6-7-8-9-10-11-12-13-14-15-16-17-18-19-24-33-25-26(30-5)20-23-32(28,29)31-22-21-27(2,3)4/h26H,6-25H2,1-5H3/p+1. The van der Waals surface area contributed by atoms with E-state index in [1.54, 1.807) is 7.11 Å². The summed E-state index contributed by atoms with van der Waals surface area (Å²) >= 11 is 1.90. The zero-order chi connectivity index (χ0) is 24.8. The number of hydrogen-bond donors (Lipinski definition) is 1. The topological polar surface area (TPSA) is 55.8 Å². The van der Waals surface area contributed by atoms with Gasteiger partial charge in [-0.2, -0.15) is 11.8 Å². The summed E-state index contributed by atoms with van der Waals surface area (Å²) in [6.07, 6.45) is 20.2. The van der Waals surface area contributed by atoms with E-state index in [1.165, 1.54) is 89.9 Å². The van der Waals surface area contributed by atoms with Crippen molar-refractivity contribution in [3.05, 3.63) is 0 Å². The molecular weight excluding hydrogens is 453 g/mol. The molecule has 0 radical (unpaired) electrons. The van der Waals surface area contributed by atoms with Gasteiger partial charge in [0.05, 0.1) is 33.4 Å². The van der Waals surface area contributed by atoms with E-state index in [0.29, 0.717) is 19.6 Å². The number of methoxy groups -OCH3 is 1. The second kappa shape index (κ2) is 21.7. The quantitative estimate of drug-likeness (QED) is 0.0782. The minimum Gasteiger partial charge on any atom is -0.381 e. The third kappa shape index (κ3) is 25.3. The highest BCUT2D eigenvalue weighted by molar-refractivity contribution is 7.99. The van der Waals surface area contributed by atoms with Gasteiger partial charge in [0.15, 0.2) is 0 Å². The van der Waals surface area contributed by atoms with Crippen LogP contribution in [0.5, 0.6) is 0 Å². The Morgan fingerprint density at radius 2 is 1.33 bits per heavy atom. The highest BCUT2D eigenvalue weighted by atomic mass is 32.2. The van der Waals surface area contributed by atoms with Crippen LogP contribution < -0.4 is 0 Å². The Labute approximate surface area is 210 Å². The zero-order valence-electron chi connectivity index (χ0n) is 22.7. The van der Waals surface area contributed by atoms with Crippen LogP contribution in [0.2, 0.25) is 0 Å². The van der Waals surface area contributed by atoms with Gasteiger partial charge >= 0.3 is 7.60 Å². The summed E-state index contributed by atoms with van der Waals surface area (Å²) in [5.74, 6) is 2.03. The first-order valence-corrected chi connectivity index (χ1v) is 16.5. The maximum atomic E-state index is 12.2. The molecule has 2 atom stereocenters. The fraction of sp³-hybridized carbons (Fsp3) is 1.00. The fourth-order valence-electron chi connectivity index (χ4n) is 3.71. The maximum absolute atomic E-state index is 12.2. The lowest BCUT2D eigenvalue weighted by atomic mass is 10.0. The van der Waals surface area contributed by atoms with Gasteiger partial charge in [-0.25, -0.2) is 0 Å². The molecule has 0 heterocycles. The SMILES string of the molecule is CCCCCCCCCCCCCCCCSCC(CCP(=O)(O)OCC[N+](C)(C)C)OC. The Hall–Kier alpha value is 0.420. The molecule has 0 aromatic heterocycles. The van der Waals surface area contributed by atoms with Gasteiger partial charge in [0.1, 0.15) is 13.2 Å². The summed E-state index contributed by atoms with van der Waals surface area (Å²) in [5, 5.41) is 0. The van der Waals surface area contributed by atoms with Crippen LogP contribution in [0, 0.1) is 0 Å². The van der Waals surface area contributed by atoms with Crippen molar-refractivity contribution >= 4 is 19.4 Å². The van der Waals surface area contributed by atoms with E-state index in [1.807, 2.05) is 32.9 Å². The average Bonchev–Trinajstić information content (AvgIpc) is 2.74. The molecule has 0 aliphatic carbocycles. The summed E-state index contributed by atoms with van der Waals surface area (Å²) < 4.78 is 23.7. The summed E-state index contributed by atoms with van der Waals surface area (Å²) in [7, 11) is 4.30. The smallest absolute Gasteiger partial charge is 0.328 e.